The van der Waals surface area contributed by atoms with E-state index >= 15 is 0 Å². The van der Waals surface area contributed by atoms with E-state index in [1.54, 1.807) is 19.1 Å². The average molecular weight is 403 g/mol. The monoisotopic (exact) mass is 402 g/mol. The highest BCUT2D eigenvalue weighted by Gasteiger charge is 2.23. The number of halogens is 1. The van der Waals surface area contributed by atoms with E-state index in [-0.39, 0.29) is 10.8 Å². The fraction of sp³-hybridized carbons (Fsp3) is 0.364. The number of benzene rings is 2. The zero-order valence-corrected chi connectivity index (χ0v) is 17.0. The third kappa shape index (κ3) is 4.80. The molecule has 0 aliphatic carbocycles. The fourth-order valence-electron chi connectivity index (χ4n) is 3.56. The van der Waals surface area contributed by atoms with Gasteiger partial charge in [-0.1, -0.05) is 37.3 Å². The zero-order chi connectivity index (χ0) is 20.1. The summed E-state index contributed by atoms with van der Waals surface area (Å²) in [5, 5.41) is 0. The van der Waals surface area contributed by atoms with Crippen molar-refractivity contribution in [2.45, 2.75) is 30.1 Å². The lowest BCUT2D eigenvalue weighted by atomic mass is 9.98. The Kier molecular flexibility index (Phi) is 6.52. The first-order valence-corrected chi connectivity index (χ1v) is 11.0. The summed E-state index contributed by atoms with van der Waals surface area (Å²) in [5.41, 5.74) is 2.54. The van der Waals surface area contributed by atoms with Crippen LogP contribution < -0.4 is 4.72 Å². The van der Waals surface area contributed by atoms with Crippen LogP contribution in [0.1, 0.15) is 36.3 Å². The van der Waals surface area contributed by atoms with Gasteiger partial charge in [0.2, 0.25) is 0 Å². The quantitative estimate of drug-likeness (QED) is 0.660. The molecule has 3 rings (SSSR count). The van der Waals surface area contributed by atoms with E-state index in [4.69, 9.17) is 0 Å². The van der Waals surface area contributed by atoms with E-state index in [0.29, 0.717) is 11.6 Å². The van der Waals surface area contributed by atoms with Gasteiger partial charge in [-0.15, -0.1) is 6.58 Å². The third-order valence-electron chi connectivity index (χ3n) is 5.28. The molecule has 1 fully saturated rings. The minimum absolute atomic E-state index is 0.169. The summed E-state index contributed by atoms with van der Waals surface area (Å²) in [4.78, 5) is 2.53. The van der Waals surface area contributed by atoms with Crippen molar-refractivity contribution in [3.8, 4) is 0 Å². The van der Waals surface area contributed by atoms with Gasteiger partial charge in [-0.3, -0.25) is 14.0 Å². The number of hydrogen-bond acceptors (Lipinski definition) is 3. The molecule has 6 heteroatoms. The zero-order valence-electron chi connectivity index (χ0n) is 16.1. The van der Waals surface area contributed by atoms with E-state index in [1.165, 1.54) is 17.7 Å². The van der Waals surface area contributed by atoms with Crippen LogP contribution in [0.3, 0.4) is 0 Å². The van der Waals surface area contributed by atoms with Crippen LogP contribution in [0.25, 0.3) is 0 Å². The smallest absolute Gasteiger partial charge is 0.261 e. The lowest BCUT2D eigenvalue weighted by Crippen LogP contribution is -2.19. The van der Waals surface area contributed by atoms with Crippen molar-refractivity contribution in [2.75, 3.05) is 31.0 Å². The molecular formula is C22H27FN2O2S. The summed E-state index contributed by atoms with van der Waals surface area (Å²) < 4.78 is 40.6. The minimum Gasteiger partial charge on any atom is -0.299 e. The molecule has 2 atom stereocenters. The highest BCUT2D eigenvalue weighted by molar-refractivity contribution is 7.92. The van der Waals surface area contributed by atoms with Crippen LogP contribution >= 0.6 is 0 Å². The Morgan fingerprint density at radius 3 is 2.50 bits per heavy atom. The first kappa shape index (κ1) is 20.6. The van der Waals surface area contributed by atoms with Gasteiger partial charge in [0.15, 0.2) is 0 Å². The van der Waals surface area contributed by atoms with Crippen molar-refractivity contribution in [1.82, 2.24) is 4.90 Å². The predicted molar refractivity (Wildman–Crippen MR) is 112 cm³/mol. The number of hydrogen-bond donors (Lipinski definition) is 1. The number of alkyl halides is 1. The summed E-state index contributed by atoms with van der Waals surface area (Å²) in [7, 11) is -3.67. The van der Waals surface area contributed by atoms with Gasteiger partial charge in [0.25, 0.3) is 10.0 Å². The number of rotatable bonds is 8. The van der Waals surface area contributed by atoms with Crippen molar-refractivity contribution >= 4 is 15.7 Å². The first-order chi connectivity index (χ1) is 13.4. The number of nitrogens with one attached hydrogen (secondary N) is 1. The molecule has 0 saturated carbocycles. The second kappa shape index (κ2) is 8.88. The van der Waals surface area contributed by atoms with E-state index < -0.39 is 16.7 Å². The summed E-state index contributed by atoms with van der Waals surface area (Å²) in [6.07, 6.45) is 3.02. The van der Waals surface area contributed by atoms with Gasteiger partial charge in [-0.2, -0.15) is 0 Å². The Bertz CT molecular complexity index is 895. The number of likely N-dealkylation sites (tertiary alicyclic amines) is 1. The minimum atomic E-state index is -3.67. The van der Waals surface area contributed by atoms with Crippen molar-refractivity contribution in [1.29, 1.82) is 0 Å². The maximum absolute atomic E-state index is 12.8. The number of sulfonamides is 1. The molecule has 1 unspecified atom stereocenters. The van der Waals surface area contributed by atoms with Crippen LogP contribution in [-0.4, -0.2) is 39.6 Å². The molecule has 4 nitrogen and oxygen atoms in total. The standard InChI is InChI=1S/C22H27FN2O2S/c1-3-13-25-14-12-20(16-25)19-4-8-21(9-5-19)24-28(26,27)22-10-6-18(7-11-22)17(2)15-23/h3-11,17,20,24H,1,12-16H2,2H3/t17-,20?/m1/s1. The van der Waals surface area contributed by atoms with Crippen LogP contribution in [0.4, 0.5) is 10.1 Å². The molecule has 0 amide bonds. The van der Waals surface area contributed by atoms with E-state index in [1.807, 2.05) is 30.3 Å². The predicted octanol–water partition coefficient (Wildman–Crippen LogP) is 4.54. The summed E-state index contributed by atoms with van der Waals surface area (Å²) >= 11 is 0. The fourth-order valence-corrected chi connectivity index (χ4v) is 4.61. The van der Waals surface area contributed by atoms with E-state index in [9.17, 15) is 12.8 Å². The summed E-state index contributed by atoms with van der Waals surface area (Å²) in [6.45, 7) is 8.04. The molecule has 0 aromatic heterocycles. The lowest BCUT2D eigenvalue weighted by molar-refractivity contribution is 0.372. The van der Waals surface area contributed by atoms with Gasteiger partial charge in [-0.25, -0.2) is 8.42 Å². The van der Waals surface area contributed by atoms with Gasteiger partial charge >= 0.3 is 0 Å². The Hall–Kier alpha value is -2.18. The van der Waals surface area contributed by atoms with Gasteiger partial charge in [-0.05, 0) is 54.3 Å². The second-order valence-electron chi connectivity index (χ2n) is 7.39. The summed E-state index contributed by atoms with van der Waals surface area (Å²) in [6, 6.07) is 14.0. The molecule has 1 saturated heterocycles. The van der Waals surface area contributed by atoms with Crippen LogP contribution in [-0.2, 0) is 10.0 Å². The molecule has 1 heterocycles. The average Bonchev–Trinajstić information content (AvgIpc) is 3.17. The van der Waals surface area contributed by atoms with Gasteiger partial charge in [0.1, 0.15) is 0 Å². The molecule has 0 radical (unpaired) electrons. The number of nitrogens with zero attached hydrogens (tertiary/aromatic N) is 1. The van der Waals surface area contributed by atoms with E-state index in [2.05, 4.69) is 16.2 Å². The molecule has 2 aromatic rings. The molecule has 2 aromatic carbocycles. The Labute approximate surface area is 167 Å². The molecule has 1 N–H and O–H groups in total. The highest BCUT2D eigenvalue weighted by atomic mass is 32.2. The molecule has 1 aliphatic heterocycles. The van der Waals surface area contributed by atoms with Crippen LogP contribution in [0.5, 0.6) is 0 Å². The molecule has 150 valence electrons. The van der Waals surface area contributed by atoms with Crippen LogP contribution in [0, 0.1) is 0 Å². The van der Waals surface area contributed by atoms with Crippen LogP contribution in [0.2, 0.25) is 0 Å². The molecular weight excluding hydrogens is 375 g/mol. The Morgan fingerprint density at radius 2 is 1.89 bits per heavy atom. The van der Waals surface area contributed by atoms with Gasteiger partial charge in [0.05, 0.1) is 11.6 Å². The van der Waals surface area contributed by atoms with Crippen molar-refractivity contribution in [2.24, 2.45) is 0 Å². The maximum atomic E-state index is 12.8. The molecule has 0 bridgehead atoms. The Balaban J connectivity index is 1.67. The van der Waals surface area contributed by atoms with Crippen molar-refractivity contribution in [3.63, 3.8) is 0 Å². The van der Waals surface area contributed by atoms with Gasteiger partial charge < -0.3 is 0 Å². The highest BCUT2D eigenvalue weighted by Crippen LogP contribution is 2.28. The van der Waals surface area contributed by atoms with Crippen molar-refractivity contribution in [3.05, 3.63) is 72.3 Å². The normalized spacial score (nSPS) is 18.7. The second-order valence-corrected chi connectivity index (χ2v) is 9.07. The molecule has 0 spiro atoms. The molecule has 28 heavy (non-hydrogen) atoms. The number of anilines is 1. The van der Waals surface area contributed by atoms with Crippen molar-refractivity contribution < 1.29 is 12.8 Å². The Morgan fingerprint density at radius 1 is 1.21 bits per heavy atom. The lowest BCUT2D eigenvalue weighted by Gasteiger charge is -2.14. The third-order valence-corrected chi connectivity index (χ3v) is 6.68. The van der Waals surface area contributed by atoms with Gasteiger partial charge in [0, 0.05) is 24.7 Å². The van der Waals surface area contributed by atoms with Crippen LogP contribution in [0.15, 0.2) is 66.1 Å². The summed E-state index contributed by atoms with van der Waals surface area (Å²) in [5.74, 6) is 0.228. The van der Waals surface area contributed by atoms with E-state index in [0.717, 1.165) is 31.6 Å². The first-order valence-electron chi connectivity index (χ1n) is 9.55. The maximum Gasteiger partial charge on any atom is 0.261 e. The largest absolute Gasteiger partial charge is 0.299 e. The molecule has 1 aliphatic rings. The SMILES string of the molecule is C=CCN1CCC(c2ccc(NS(=O)(=O)c3ccc([C@H](C)CF)cc3)cc2)C1. The topological polar surface area (TPSA) is 49.4 Å².